The molecule has 0 atom stereocenters. The number of oxazole rings is 1. The van der Waals surface area contributed by atoms with Crippen LogP contribution in [0.5, 0.6) is 0 Å². The maximum absolute atomic E-state index is 11.0. The average Bonchev–Trinajstić information content (AvgIpc) is 2.49. The molecule has 3 nitrogen and oxygen atoms in total. The highest BCUT2D eigenvalue weighted by Gasteiger charge is 2.04. The van der Waals surface area contributed by atoms with E-state index in [0.29, 0.717) is 0 Å². The van der Waals surface area contributed by atoms with Crippen LogP contribution < -0.4 is 5.76 Å². The fourth-order valence-corrected chi connectivity index (χ4v) is 1.23. The molecule has 0 aliphatic heterocycles. The largest absolute Gasteiger partial charge is 0.419 e. The molecule has 0 amide bonds. The van der Waals surface area contributed by atoms with Crippen molar-refractivity contribution in [3.63, 3.8) is 0 Å². The number of aromatic nitrogens is 1. The molecular weight excluding hydrogens is 166 g/mol. The molecule has 1 aromatic heterocycles. The molecule has 0 aliphatic carbocycles. The van der Waals surface area contributed by atoms with Crippen LogP contribution in [0.2, 0.25) is 0 Å². The van der Waals surface area contributed by atoms with E-state index in [-0.39, 0.29) is 5.76 Å². The standard InChI is InChI=1S/C10H9NO2/c1-11-9(7-13-10(11)12)8-5-3-2-4-6-8/h2-7H,1H3. The van der Waals surface area contributed by atoms with Gasteiger partial charge in [0.05, 0.1) is 5.69 Å². The third-order valence-corrected chi connectivity index (χ3v) is 1.98. The summed E-state index contributed by atoms with van der Waals surface area (Å²) in [7, 11) is 1.69. The van der Waals surface area contributed by atoms with E-state index < -0.39 is 0 Å². The van der Waals surface area contributed by atoms with Crippen molar-refractivity contribution >= 4 is 0 Å². The van der Waals surface area contributed by atoms with E-state index in [1.54, 1.807) is 7.05 Å². The number of rotatable bonds is 1. The molecule has 0 spiro atoms. The van der Waals surface area contributed by atoms with Crippen LogP contribution in [0.25, 0.3) is 11.3 Å². The SMILES string of the molecule is Cn1c(-c2ccccc2)coc1=O. The van der Waals surface area contributed by atoms with Crippen LogP contribution in [0.3, 0.4) is 0 Å². The van der Waals surface area contributed by atoms with Crippen molar-refractivity contribution in [2.24, 2.45) is 7.05 Å². The first-order valence-corrected chi connectivity index (χ1v) is 3.99. The summed E-state index contributed by atoms with van der Waals surface area (Å²) >= 11 is 0. The molecule has 1 aromatic carbocycles. The van der Waals surface area contributed by atoms with Crippen molar-refractivity contribution < 1.29 is 4.42 Å². The highest BCUT2D eigenvalue weighted by molar-refractivity contribution is 5.57. The molecule has 0 N–H and O–H groups in total. The Morgan fingerprint density at radius 2 is 1.92 bits per heavy atom. The Hall–Kier alpha value is -1.77. The van der Waals surface area contributed by atoms with Gasteiger partial charge in [-0.25, -0.2) is 4.79 Å². The molecule has 66 valence electrons. The molecule has 13 heavy (non-hydrogen) atoms. The highest BCUT2D eigenvalue weighted by atomic mass is 16.4. The van der Waals surface area contributed by atoms with Gasteiger partial charge in [-0.05, 0) is 0 Å². The maximum atomic E-state index is 11.0. The van der Waals surface area contributed by atoms with Crippen LogP contribution in [0.1, 0.15) is 0 Å². The number of hydrogen-bond acceptors (Lipinski definition) is 2. The van der Waals surface area contributed by atoms with Crippen molar-refractivity contribution in [2.75, 3.05) is 0 Å². The zero-order valence-corrected chi connectivity index (χ0v) is 7.23. The molecule has 2 rings (SSSR count). The Morgan fingerprint density at radius 3 is 2.46 bits per heavy atom. The van der Waals surface area contributed by atoms with Gasteiger partial charge in [0.25, 0.3) is 0 Å². The van der Waals surface area contributed by atoms with Crippen molar-refractivity contribution in [3.8, 4) is 11.3 Å². The summed E-state index contributed by atoms with van der Waals surface area (Å²) in [6.45, 7) is 0. The van der Waals surface area contributed by atoms with E-state index in [1.165, 1.54) is 10.8 Å². The fraction of sp³-hybridized carbons (Fsp3) is 0.100. The van der Waals surface area contributed by atoms with Gasteiger partial charge in [-0.1, -0.05) is 30.3 Å². The lowest BCUT2D eigenvalue weighted by molar-refractivity contribution is 0.494. The van der Waals surface area contributed by atoms with E-state index in [4.69, 9.17) is 4.42 Å². The number of benzene rings is 1. The lowest BCUT2D eigenvalue weighted by Crippen LogP contribution is -2.09. The smallest absolute Gasteiger partial charge is 0.416 e. The van der Waals surface area contributed by atoms with Crippen molar-refractivity contribution in [3.05, 3.63) is 47.1 Å². The van der Waals surface area contributed by atoms with Gasteiger partial charge in [-0.15, -0.1) is 0 Å². The topological polar surface area (TPSA) is 35.1 Å². The predicted molar refractivity (Wildman–Crippen MR) is 49.4 cm³/mol. The Bertz CT molecular complexity index is 453. The Morgan fingerprint density at radius 1 is 1.23 bits per heavy atom. The molecular formula is C10H9NO2. The van der Waals surface area contributed by atoms with Crippen LogP contribution in [0.15, 0.2) is 45.8 Å². The molecule has 0 bridgehead atoms. The maximum Gasteiger partial charge on any atom is 0.419 e. The lowest BCUT2D eigenvalue weighted by Gasteiger charge is -1.98. The van der Waals surface area contributed by atoms with E-state index in [1.807, 2.05) is 30.3 Å². The molecule has 0 unspecified atom stereocenters. The predicted octanol–water partition coefficient (Wildman–Crippen LogP) is 1.65. The fourth-order valence-electron chi connectivity index (χ4n) is 1.23. The summed E-state index contributed by atoms with van der Waals surface area (Å²) in [5, 5.41) is 0. The third kappa shape index (κ3) is 1.28. The molecule has 2 aromatic rings. The van der Waals surface area contributed by atoms with Crippen LogP contribution in [0, 0.1) is 0 Å². The minimum Gasteiger partial charge on any atom is -0.416 e. The summed E-state index contributed by atoms with van der Waals surface area (Å²) in [4.78, 5) is 11.0. The minimum atomic E-state index is -0.334. The van der Waals surface area contributed by atoms with Crippen LogP contribution in [-0.2, 0) is 7.05 Å². The molecule has 0 aliphatic rings. The highest BCUT2D eigenvalue weighted by Crippen LogP contribution is 2.15. The van der Waals surface area contributed by atoms with Crippen LogP contribution in [0.4, 0.5) is 0 Å². The molecule has 1 heterocycles. The summed E-state index contributed by atoms with van der Waals surface area (Å²) < 4.78 is 6.24. The van der Waals surface area contributed by atoms with E-state index >= 15 is 0 Å². The lowest BCUT2D eigenvalue weighted by atomic mass is 10.2. The van der Waals surface area contributed by atoms with Crippen molar-refractivity contribution in [2.45, 2.75) is 0 Å². The number of nitrogens with zero attached hydrogens (tertiary/aromatic N) is 1. The summed E-state index contributed by atoms with van der Waals surface area (Å²) in [5.74, 6) is -0.334. The quantitative estimate of drug-likeness (QED) is 0.660. The van der Waals surface area contributed by atoms with E-state index in [0.717, 1.165) is 11.3 Å². The monoisotopic (exact) mass is 175 g/mol. The Labute approximate surface area is 75.2 Å². The first-order valence-electron chi connectivity index (χ1n) is 3.99. The Balaban J connectivity index is 2.60. The van der Waals surface area contributed by atoms with Gasteiger partial charge in [0.15, 0.2) is 0 Å². The normalized spacial score (nSPS) is 10.2. The van der Waals surface area contributed by atoms with Gasteiger partial charge < -0.3 is 4.42 Å². The second-order valence-corrected chi connectivity index (χ2v) is 2.81. The van der Waals surface area contributed by atoms with Gasteiger partial charge in [-0.3, -0.25) is 4.57 Å². The van der Waals surface area contributed by atoms with E-state index in [9.17, 15) is 4.79 Å². The van der Waals surface area contributed by atoms with Gasteiger partial charge in [0.1, 0.15) is 6.26 Å². The molecule has 0 fully saturated rings. The zero-order chi connectivity index (χ0) is 9.26. The zero-order valence-electron chi connectivity index (χ0n) is 7.23. The van der Waals surface area contributed by atoms with Gasteiger partial charge in [-0.2, -0.15) is 0 Å². The van der Waals surface area contributed by atoms with Crippen molar-refractivity contribution in [1.29, 1.82) is 0 Å². The molecule has 3 heteroatoms. The van der Waals surface area contributed by atoms with Crippen LogP contribution in [-0.4, -0.2) is 4.57 Å². The molecule has 0 saturated heterocycles. The first-order chi connectivity index (χ1) is 6.29. The summed E-state index contributed by atoms with van der Waals surface area (Å²) in [6.07, 6.45) is 1.47. The average molecular weight is 175 g/mol. The number of hydrogen-bond donors (Lipinski definition) is 0. The second kappa shape index (κ2) is 2.94. The first kappa shape index (κ1) is 7.86. The Kier molecular flexibility index (Phi) is 1.77. The van der Waals surface area contributed by atoms with Crippen molar-refractivity contribution in [1.82, 2.24) is 4.57 Å². The summed E-state index contributed by atoms with van der Waals surface area (Å²) in [6, 6.07) is 9.65. The third-order valence-electron chi connectivity index (χ3n) is 1.98. The minimum absolute atomic E-state index is 0.334. The molecule has 0 saturated carbocycles. The second-order valence-electron chi connectivity index (χ2n) is 2.81. The van der Waals surface area contributed by atoms with Gasteiger partial charge in [0.2, 0.25) is 0 Å². The summed E-state index contributed by atoms with van der Waals surface area (Å²) in [5.41, 5.74) is 1.78. The van der Waals surface area contributed by atoms with Gasteiger partial charge >= 0.3 is 5.76 Å². The van der Waals surface area contributed by atoms with Crippen LogP contribution >= 0.6 is 0 Å². The van der Waals surface area contributed by atoms with E-state index in [2.05, 4.69) is 0 Å². The molecule has 0 radical (unpaired) electrons. The van der Waals surface area contributed by atoms with Gasteiger partial charge in [0, 0.05) is 12.6 Å².